The topological polar surface area (TPSA) is 26.3 Å². The summed E-state index contributed by atoms with van der Waals surface area (Å²) in [6, 6.07) is 14.5. The van der Waals surface area contributed by atoms with Crippen molar-refractivity contribution in [3.63, 3.8) is 0 Å². The Morgan fingerprint density at radius 1 is 0.903 bits per heavy atom. The van der Waals surface area contributed by atoms with Crippen LogP contribution in [0.15, 0.2) is 42.5 Å². The van der Waals surface area contributed by atoms with E-state index in [1.807, 2.05) is 18.2 Å². The van der Waals surface area contributed by atoms with E-state index in [2.05, 4.69) is 38.1 Å². The average molecular weight is 441 g/mol. The predicted octanol–water partition coefficient (Wildman–Crippen LogP) is 8.79. The Hall–Kier alpha value is -1.80. The second-order valence-electron chi connectivity index (χ2n) is 9.13. The van der Waals surface area contributed by atoms with Gasteiger partial charge in [-0.2, -0.15) is 0 Å². The minimum atomic E-state index is -0.329. The molecule has 1 fully saturated rings. The maximum atomic E-state index is 13.2. The van der Waals surface area contributed by atoms with E-state index in [-0.39, 0.29) is 11.4 Å². The second-order valence-corrected chi connectivity index (χ2v) is 9.54. The van der Waals surface area contributed by atoms with Gasteiger partial charge in [-0.05, 0) is 60.9 Å². The number of benzene rings is 2. The number of carbonyl (C=O) groups excluding carboxylic acids is 1. The molecule has 0 atom stereocenters. The van der Waals surface area contributed by atoms with Gasteiger partial charge >= 0.3 is 5.97 Å². The minimum absolute atomic E-state index is 0.0910. The molecule has 1 saturated carbocycles. The molecule has 0 amide bonds. The van der Waals surface area contributed by atoms with Gasteiger partial charge in [0.25, 0.3) is 0 Å². The Morgan fingerprint density at radius 3 is 2.23 bits per heavy atom. The number of ether oxygens (including phenoxy) is 1. The molecule has 0 saturated heterocycles. The molecule has 168 valence electrons. The second kappa shape index (κ2) is 11.7. The highest BCUT2D eigenvalue weighted by atomic mass is 35.5. The van der Waals surface area contributed by atoms with Crippen LogP contribution in [0.2, 0.25) is 5.02 Å². The molecule has 2 aromatic rings. The van der Waals surface area contributed by atoms with Crippen molar-refractivity contribution in [1.82, 2.24) is 0 Å². The van der Waals surface area contributed by atoms with Crippen LogP contribution < -0.4 is 4.74 Å². The van der Waals surface area contributed by atoms with Gasteiger partial charge in [-0.1, -0.05) is 101 Å². The number of aryl methyl sites for hydroxylation is 1. The van der Waals surface area contributed by atoms with Gasteiger partial charge in [0.1, 0.15) is 5.75 Å². The summed E-state index contributed by atoms with van der Waals surface area (Å²) in [6.45, 7) is 4.41. The van der Waals surface area contributed by atoms with E-state index >= 15 is 0 Å². The SMILES string of the molecule is CCCCCc1ccc(-c2ccc(OC(=O)C3(CCCC)CCCCC3)c(Cl)c2)cc1. The Bertz CT molecular complexity index is 835. The lowest BCUT2D eigenvalue weighted by Gasteiger charge is -2.35. The molecule has 1 aliphatic carbocycles. The summed E-state index contributed by atoms with van der Waals surface area (Å²) < 4.78 is 5.88. The van der Waals surface area contributed by atoms with Crippen LogP contribution in [0.4, 0.5) is 0 Å². The Morgan fingerprint density at radius 2 is 1.58 bits per heavy atom. The van der Waals surface area contributed by atoms with Crippen molar-refractivity contribution >= 4 is 17.6 Å². The van der Waals surface area contributed by atoms with Gasteiger partial charge in [-0.25, -0.2) is 0 Å². The fourth-order valence-corrected chi connectivity index (χ4v) is 4.93. The standard InChI is InChI=1S/C28H37ClO2/c1-3-5-8-11-22-12-14-23(15-13-22)24-16-17-26(25(29)21-24)31-27(30)28(18-6-4-2)19-9-7-10-20-28/h12-17,21H,3-11,18-20H2,1-2H3. The number of carbonyl (C=O) groups is 1. The molecule has 31 heavy (non-hydrogen) atoms. The van der Waals surface area contributed by atoms with Crippen LogP contribution in [0.5, 0.6) is 5.75 Å². The van der Waals surface area contributed by atoms with Crippen molar-refractivity contribution in [3.8, 4) is 16.9 Å². The van der Waals surface area contributed by atoms with Crippen LogP contribution >= 0.6 is 11.6 Å². The van der Waals surface area contributed by atoms with E-state index in [1.165, 1.54) is 31.2 Å². The smallest absolute Gasteiger partial charge is 0.317 e. The first-order chi connectivity index (χ1) is 15.1. The van der Waals surface area contributed by atoms with Crippen molar-refractivity contribution in [1.29, 1.82) is 0 Å². The van der Waals surface area contributed by atoms with Crippen molar-refractivity contribution in [3.05, 3.63) is 53.1 Å². The first-order valence-corrected chi connectivity index (χ1v) is 12.6. The van der Waals surface area contributed by atoms with Crippen molar-refractivity contribution in [2.45, 2.75) is 90.9 Å². The van der Waals surface area contributed by atoms with Gasteiger partial charge in [0, 0.05) is 0 Å². The van der Waals surface area contributed by atoms with Gasteiger partial charge < -0.3 is 4.74 Å². The molecule has 0 aromatic heterocycles. The molecule has 3 rings (SSSR count). The van der Waals surface area contributed by atoms with Crippen molar-refractivity contribution < 1.29 is 9.53 Å². The number of hydrogen-bond acceptors (Lipinski definition) is 2. The number of unbranched alkanes of at least 4 members (excludes halogenated alkanes) is 3. The summed E-state index contributed by atoms with van der Waals surface area (Å²) in [5.41, 5.74) is 3.22. The molecular formula is C28H37ClO2. The lowest BCUT2D eigenvalue weighted by molar-refractivity contribution is -0.148. The number of esters is 1. The van der Waals surface area contributed by atoms with Gasteiger partial charge in [0.2, 0.25) is 0 Å². The van der Waals surface area contributed by atoms with E-state index in [0.29, 0.717) is 10.8 Å². The quantitative estimate of drug-likeness (QED) is 0.209. The van der Waals surface area contributed by atoms with Crippen LogP contribution in [0, 0.1) is 5.41 Å². The van der Waals surface area contributed by atoms with Gasteiger partial charge in [0.15, 0.2) is 0 Å². The van der Waals surface area contributed by atoms with E-state index in [9.17, 15) is 4.79 Å². The summed E-state index contributed by atoms with van der Waals surface area (Å²) >= 11 is 6.55. The predicted molar refractivity (Wildman–Crippen MR) is 131 cm³/mol. The van der Waals surface area contributed by atoms with Gasteiger partial charge in [-0.3, -0.25) is 4.79 Å². The maximum absolute atomic E-state index is 13.2. The zero-order chi connectivity index (χ0) is 22.1. The summed E-state index contributed by atoms with van der Waals surface area (Å²) in [5.74, 6) is 0.389. The van der Waals surface area contributed by atoms with Gasteiger partial charge in [0.05, 0.1) is 10.4 Å². The summed E-state index contributed by atoms with van der Waals surface area (Å²) in [6.07, 6.45) is 13.3. The van der Waals surface area contributed by atoms with Crippen LogP contribution in [-0.4, -0.2) is 5.97 Å². The number of halogens is 1. The molecule has 0 spiro atoms. The van der Waals surface area contributed by atoms with Gasteiger partial charge in [-0.15, -0.1) is 0 Å². The van der Waals surface area contributed by atoms with E-state index in [0.717, 1.165) is 62.5 Å². The molecule has 1 aliphatic rings. The van der Waals surface area contributed by atoms with E-state index < -0.39 is 0 Å². The number of rotatable bonds is 10. The fraction of sp³-hybridized carbons (Fsp3) is 0.536. The Balaban J connectivity index is 1.69. The first kappa shape index (κ1) is 23.9. The summed E-state index contributed by atoms with van der Waals surface area (Å²) in [5, 5.41) is 0.499. The molecule has 0 aliphatic heterocycles. The largest absolute Gasteiger partial charge is 0.425 e. The summed E-state index contributed by atoms with van der Waals surface area (Å²) in [7, 11) is 0. The lowest BCUT2D eigenvalue weighted by atomic mass is 9.71. The van der Waals surface area contributed by atoms with Crippen LogP contribution in [0.25, 0.3) is 11.1 Å². The third-order valence-electron chi connectivity index (χ3n) is 6.74. The van der Waals surface area contributed by atoms with E-state index in [4.69, 9.17) is 16.3 Å². The van der Waals surface area contributed by atoms with Crippen LogP contribution in [0.1, 0.15) is 90.0 Å². The molecular weight excluding hydrogens is 404 g/mol. The molecule has 2 nitrogen and oxygen atoms in total. The van der Waals surface area contributed by atoms with Crippen molar-refractivity contribution in [2.24, 2.45) is 5.41 Å². The molecule has 3 heteroatoms. The Kier molecular flexibility index (Phi) is 9.02. The zero-order valence-electron chi connectivity index (χ0n) is 19.2. The summed E-state index contributed by atoms with van der Waals surface area (Å²) in [4.78, 5) is 13.2. The molecule has 0 bridgehead atoms. The van der Waals surface area contributed by atoms with Crippen LogP contribution in [-0.2, 0) is 11.2 Å². The lowest BCUT2D eigenvalue weighted by Crippen LogP contribution is -2.37. The zero-order valence-corrected chi connectivity index (χ0v) is 20.0. The number of hydrogen-bond donors (Lipinski definition) is 0. The maximum Gasteiger partial charge on any atom is 0.317 e. The average Bonchev–Trinajstić information content (AvgIpc) is 2.80. The molecule has 0 heterocycles. The monoisotopic (exact) mass is 440 g/mol. The van der Waals surface area contributed by atoms with Crippen LogP contribution in [0.3, 0.4) is 0 Å². The highest BCUT2D eigenvalue weighted by Gasteiger charge is 2.40. The highest BCUT2D eigenvalue weighted by molar-refractivity contribution is 6.32. The van der Waals surface area contributed by atoms with E-state index in [1.54, 1.807) is 0 Å². The third-order valence-corrected chi connectivity index (χ3v) is 7.04. The molecule has 0 N–H and O–H groups in total. The molecule has 2 aromatic carbocycles. The first-order valence-electron chi connectivity index (χ1n) is 12.2. The van der Waals surface area contributed by atoms with Crippen molar-refractivity contribution in [2.75, 3.05) is 0 Å². The third kappa shape index (κ3) is 6.35. The normalized spacial score (nSPS) is 15.6. The highest BCUT2D eigenvalue weighted by Crippen LogP contribution is 2.42. The Labute approximate surface area is 193 Å². The fourth-order valence-electron chi connectivity index (χ4n) is 4.71. The molecule has 0 radical (unpaired) electrons. The molecule has 0 unspecified atom stereocenters. The minimum Gasteiger partial charge on any atom is -0.425 e.